The zero-order valence-corrected chi connectivity index (χ0v) is 24.9. The van der Waals surface area contributed by atoms with Crippen molar-refractivity contribution in [2.75, 3.05) is 13.2 Å². The van der Waals surface area contributed by atoms with Crippen LogP contribution in [0.5, 0.6) is 0 Å². The number of nitrogens with two attached hydrogens (primary N) is 2. The van der Waals surface area contributed by atoms with Crippen LogP contribution in [0.2, 0.25) is 0 Å². The number of halogens is 6. The molecule has 0 atom stereocenters. The maximum absolute atomic E-state index is 13.5. The highest BCUT2D eigenvalue weighted by Crippen LogP contribution is 2.19. The van der Waals surface area contributed by atoms with Gasteiger partial charge in [-0.1, -0.05) is 42.5 Å². The van der Waals surface area contributed by atoms with Crippen LogP contribution in [0.25, 0.3) is 0 Å². The summed E-state index contributed by atoms with van der Waals surface area (Å²) >= 11 is 0. The molecule has 0 aliphatic carbocycles. The van der Waals surface area contributed by atoms with E-state index < -0.39 is 30.3 Å². The summed E-state index contributed by atoms with van der Waals surface area (Å²) in [5.74, 6) is -6.42. The molecule has 2 aromatic carbocycles. The van der Waals surface area contributed by atoms with Gasteiger partial charge in [-0.15, -0.1) is 0 Å². The van der Waals surface area contributed by atoms with Crippen LogP contribution in [-0.2, 0) is 32.1 Å². The number of carbonyl (C=O) groups is 4. The maximum Gasteiger partial charge on any atom is 0.490 e. The normalized spacial score (nSPS) is 10.7. The number of hydrogen-bond acceptors (Lipinski definition) is 7. The van der Waals surface area contributed by atoms with Crippen molar-refractivity contribution in [2.45, 2.75) is 32.2 Å². The number of benzene rings is 2. The number of aromatic nitrogens is 1. The van der Waals surface area contributed by atoms with E-state index in [9.17, 15) is 35.9 Å². The number of aromatic amines is 1. The molecule has 1 heterocycles. The fraction of sp³-hybridized carbons (Fsp3) is 0.241. The van der Waals surface area contributed by atoms with Crippen LogP contribution in [-0.4, -0.2) is 81.1 Å². The quantitative estimate of drug-likeness (QED) is 0.0711. The highest BCUT2D eigenvalue weighted by molar-refractivity contribution is 5.98. The number of carbonyl (C=O) groups excluding carboxylic acids is 2. The molecule has 0 saturated carbocycles. The number of amides is 1. The number of nitrogen functional groups attached to an aromatic ring is 2. The van der Waals surface area contributed by atoms with Crippen molar-refractivity contribution < 1.29 is 60.5 Å². The number of nitrogens with zero attached hydrogens (tertiary/aromatic N) is 1. The number of alkyl halides is 6. The monoisotopic (exact) mass is 688 g/mol. The van der Waals surface area contributed by atoms with E-state index in [0.717, 1.165) is 16.7 Å². The number of amidine groups is 2. The minimum atomic E-state index is -5.08. The van der Waals surface area contributed by atoms with Crippen molar-refractivity contribution in [1.29, 1.82) is 10.8 Å². The highest BCUT2D eigenvalue weighted by atomic mass is 19.4. The second-order valence-corrected chi connectivity index (χ2v) is 9.37. The Hall–Kier alpha value is -5.88. The van der Waals surface area contributed by atoms with Crippen molar-refractivity contribution in [1.82, 2.24) is 9.88 Å². The van der Waals surface area contributed by atoms with E-state index in [-0.39, 0.29) is 37.3 Å². The van der Waals surface area contributed by atoms with Crippen molar-refractivity contribution in [3.63, 3.8) is 0 Å². The molecule has 48 heavy (non-hydrogen) atoms. The summed E-state index contributed by atoms with van der Waals surface area (Å²) in [4.78, 5) is 48.0. The summed E-state index contributed by atoms with van der Waals surface area (Å²) in [5, 5.41) is 29.4. The van der Waals surface area contributed by atoms with E-state index in [4.69, 9.17) is 46.8 Å². The zero-order valence-electron chi connectivity index (χ0n) is 24.9. The molecule has 13 nitrogen and oxygen atoms in total. The number of aliphatic carboxylic acids is 2. The topological polar surface area (TPSA) is 237 Å². The molecule has 9 N–H and O–H groups in total. The molecule has 260 valence electrons. The summed E-state index contributed by atoms with van der Waals surface area (Å²) in [7, 11) is 0. The molecule has 3 aromatic rings. The van der Waals surface area contributed by atoms with E-state index in [1.165, 1.54) is 4.90 Å². The van der Waals surface area contributed by atoms with Crippen molar-refractivity contribution in [2.24, 2.45) is 11.5 Å². The number of H-pyrrole nitrogens is 1. The highest BCUT2D eigenvalue weighted by Gasteiger charge is 2.38. The van der Waals surface area contributed by atoms with Gasteiger partial charge in [0, 0.05) is 30.1 Å². The van der Waals surface area contributed by atoms with Crippen LogP contribution >= 0.6 is 0 Å². The Morgan fingerprint density at radius 2 is 1.35 bits per heavy atom. The van der Waals surface area contributed by atoms with E-state index in [2.05, 4.69) is 4.98 Å². The van der Waals surface area contributed by atoms with E-state index in [1.54, 1.807) is 49.6 Å². The van der Waals surface area contributed by atoms with Crippen LogP contribution in [0.15, 0.2) is 60.9 Å². The van der Waals surface area contributed by atoms with Gasteiger partial charge in [-0.2, -0.15) is 26.3 Å². The largest absolute Gasteiger partial charge is 0.490 e. The van der Waals surface area contributed by atoms with Gasteiger partial charge >= 0.3 is 30.3 Å². The molecule has 1 aromatic heterocycles. The van der Waals surface area contributed by atoms with E-state index in [1.807, 2.05) is 18.2 Å². The van der Waals surface area contributed by atoms with Gasteiger partial charge in [-0.3, -0.25) is 20.4 Å². The molecule has 0 aliphatic rings. The fourth-order valence-corrected chi connectivity index (χ4v) is 3.55. The first-order valence-corrected chi connectivity index (χ1v) is 13.2. The van der Waals surface area contributed by atoms with Gasteiger partial charge in [0.25, 0.3) is 5.91 Å². The summed E-state index contributed by atoms with van der Waals surface area (Å²) in [6, 6.07) is 14.3. The molecule has 0 aliphatic heterocycles. The summed E-state index contributed by atoms with van der Waals surface area (Å²) in [5.41, 5.74) is 15.2. The van der Waals surface area contributed by atoms with E-state index in [0.29, 0.717) is 23.1 Å². The third kappa shape index (κ3) is 13.6. The molecule has 3 rings (SSSR count). The molecule has 1 amide bonds. The zero-order chi connectivity index (χ0) is 36.8. The Labute approximate surface area is 268 Å². The second kappa shape index (κ2) is 17.7. The lowest BCUT2D eigenvalue weighted by Crippen LogP contribution is -2.36. The summed E-state index contributed by atoms with van der Waals surface area (Å²) in [6.45, 7) is 1.86. The van der Waals surface area contributed by atoms with Crippen LogP contribution in [0.4, 0.5) is 26.3 Å². The van der Waals surface area contributed by atoms with Crippen molar-refractivity contribution in [3.05, 3.63) is 94.3 Å². The average molecular weight is 689 g/mol. The predicted octanol–water partition coefficient (Wildman–Crippen LogP) is 3.65. The molecular formula is C29H30F6N6O7. The molecule has 0 radical (unpaired) electrons. The lowest BCUT2D eigenvalue weighted by Gasteiger charge is -2.22. The minimum absolute atomic E-state index is 0.00693. The smallest absolute Gasteiger partial charge is 0.475 e. The Kier molecular flexibility index (Phi) is 14.8. The number of carboxylic acids is 2. The number of ether oxygens (including phenoxy) is 1. The maximum atomic E-state index is 13.5. The van der Waals surface area contributed by atoms with Gasteiger partial charge in [0.15, 0.2) is 0 Å². The number of nitrogens with one attached hydrogen (secondary N) is 3. The van der Waals surface area contributed by atoms with Crippen LogP contribution in [0.1, 0.15) is 45.1 Å². The van der Waals surface area contributed by atoms with Gasteiger partial charge in [0.05, 0.1) is 12.2 Å². The van der Waals surface area contributed by atoms with Gasteiger partial charge in [0.2, 0.25) is 0 Å². The van der Waals surface area contributed by atoms with Crippen molar-refractivity contribution in [3.8, 4) is 0 Å². The first kappa shape index (κ1) is 40.1. The fourth-order valence-electron chi connectivity index (χ4n) is 3.55. The summed E-state index contributed by atoms with van der Waals surface area (Å²) in [6.07, 6.45) is -6.31. The molecule has 0 bridgehead atoms. The minimum Gasteiger partial charge on any atom is -0.475 e. The SMILES string of the molecule is CCOC(=O)CN(Cc1cccc(C(=N)N)c1)C(=O)c1c[nH]cc1Cc1ccc(C(=N)N)cc1.O=C(O)C(F)(F)F.O=C(O)C(F)(F)F. The standard InChI is InChI=1S/C25H28N6O3.2C2HF3O2/c1-2-34-22(32)15-31(14-17-4-3-5-19(11-17)24(28)29)25(33)21-13-30-12-20(21)10-16-6-8-18(9-7-16)23(26)27;2*3-2(4,5)1(6)7/h3-9,11-13,30H,2,10,14-15H2,1H3,(H3,26,27)(H3,28,29);2*(H,6,7). The number of esters is 1. The lowest BCUT2D eigenvalue weighted by atomic mass is 10.0. The predicted molar refractivity (Wildman–Crippen MR) is 157 cm³/mol. The lowest BCUT2D eigenvalue weighted by molar-refractivity contribution is -0.193. The first-order chi connectivity index (χ1) is 22.2. The van der Waals surface area contributed by atoms with Crippen LogP contribution in [0, 0.1) is 10.8 Å². The molecule has 0 unspecified atom stereocenters. The van der Waals surface area contributed by atoms with E-state index >= 15 is 0 Å². The summed E-state index contributed by atoms with van der Waals surface area (Å²) < 4.78 is 68.5. The molecular weight excluding hydrogens is 658 g/mol. The van der Waals surface area contributed by atoms with Gasteiger partial charge in [0.1, 0.15) is 18.2 Å². The van der Waals surface area contributed by atoms with Crippen molar-refractivity contribution >= 4 is 35.5 Å². The second-order valence-electron chi connectivity index (χ2n) is 9.37. The number of carboxylic acid groups (broad SMARTS) is 2. The molecule has 19 heteroatoms. The molecule has 0 fully saturated rings. The molecule has 0 saturated heterocycles. The van der Waals surface area contributed by atoms with Crippen LogP contribution in [0.3, 0.4) is 0 Å². The Bertz CT molecular complexity index is 1580. The number of hydrogen-bond donors (Lipinski definition) is 7. The van der Waals surface area contributed by atoms with Gasteiger partial charge < -0.3 is 36.3 Å². The van der Waals surface area contributed by atoms with Gasteiger partial charge in [-0.25, -0.2) is 9.59 Å². The van der Waals surface area contributed by atoms with Gasteiger partial charge in [-0.05, 0) is 36.1 Å². The molecule has 0 spiro atoms. The van der Waals surface area contributed by atoms with Crippen LogP contribution < -0.4 is 11.5 Å². The first-order valence-electron chi connectivity index (χ1n) is 13.2. The third-order valence-electron chi connectivity index (χ3n) is 5.73. The Morgan fingerprint density at radius 3 is 1.81 bits per heavy atom. The third-order valence-corrected chi connectivity index (χ3v) is 5.73. The Balaban J connectivity index is 0.000000687. The average Bonchev–Trinajstić information content (AvgIpc) is 3.44. The number of rotatable bonds is 10. The Morgan fingerprint density at radius 1 is 0.833 bits per heavy atom.